The van der Waals surface area contributed by atoms with E-state index in [0.717, 1.165) is 35.8 Å². The van der Waals surface area contributed by atoms with Crippen LogP contribution in [-0.4, -0.2) is 17.0 Å². The fraction of sp³-hybridized carbons (Fsp3) is 0.467. The van der Waals surface area contributed by atoms with Gasteiger partial charge in [0.15, 0.2) is 0 Å². The van der Waals surface area contributed by atoms with Gasteiger partial charge in [-0.1, -0.05) is 13.3 Å². The quantitative estimate of drug-likeness (QED) is 0.820. The first kappa shape index (κ1) is 14.8. The molecule has 5 heteroatoms. The van der Waals surface area contributed by atoms with Gasteiger partial charge in [0.05, 0.1) is 6.54 Å². The molecule has 4 nitrogen and oxygen atoms in total. The third-order valence-corrected chi connectivity index (χ3v) is 4.74. The Balaban J connectivity index is 1.92. The van der Waals surface area contributed by atoms with Crippen molar-refractivity contribution in [1.29, 1.82) is 0 Å². The molecule has 0 spiro atoms. The molecule has 0 aromatic carbocycles. The molecule has 0 saturated heterocycles. The van der Waals surface area contributed by atoms with E-state index in [1.165, 1.54) is 11.3 Å². The van der Waals surface area contributed by atoms with Crippen molar-refractivity contribution in [3.8, 4) is 0 Å². The van der Waals surface area contributed by atoms with Gasteiger partial charge in [-0.2, -0.15) is 0 Å². The SMILES string of the molecule is CC1CCCC1C(=O)NCc1sccc1/C=C/C(=O)O. The van der Waals surface area contributed by atoms with Crippen LogP contribution >= 0.6 is 11.3 Å². The second-order valence-electron chi connectivity index (χ2n) is 5.20. The summed E-state index contributed by atoms with van der Waals surface area (Å²) in [5.41, 5.74) is 0.858. The molecule has 1 heterocycles. The predicted molar refractivity (Wildman–Crippen MR) is 79.3 cm³/mol. The van der Waals surface area contributed by atoms with Gasteiger partial charge in [-0.15, -0.1) is 11.3 Å². The van der Waals surface area contributed by atoms with Crippen LogP contribution in [0.25, 0.3) is 6.08 Å². The maximum absolute atomic E-state index is 12.1. The fourth-order valence-corrected chi connectivity index (χ4v) is 3.44. The summed E-state index contributed by atoms with van der Waals surface area (Å²) in [7, 11) is 0. The summed E-state index contributed by atoms with van der Waals surface area (Å²) in [5, 5.41) is 13.5. The summed E-state index contributed by atoms with van der Waals surface area (Å²) in [5.74, 6) is -0.250. The van der Waals surface area contributed by atoms with Gasteiger partial charge in [0.2, 0.25) is 5.91 Å². The largest absolute Gasteiger partial charge is 0.478 e. The predicted octanol–water partition coefficient (Wildman–Crippen LogP) is 2.90. The molecule has 2 atom stereocenters. The van der Waals surface area contributed by atoms with Crippen molar-refractivity contribution in [3.63, 3.8) is 0 Å². The minimum absolute atomic E-state index is 0.122. The monoisotopic (exact) mass is 293 g/mol. The highest BCUT2D eigenvalue weighted by Crippen LogP contribution is 2.31. The van der Waals surface area contributed by atoms with Crippen molar-refractivity contribution in [2.45, 2.75) is 32.7 Å². The number of carbonyl (C=O) groups is 2. The van der Waals surface area contributed by atoms with Crippen molar-refractivity contribution < 1.29 is 14.7 Å². The maximum atomic E-state index is 12.1. The van der Waals surface area contributed by atoms with E-state index in [9.17, 15) is 9.59 Å². The second kappa shape index (κ2) is 6.70. The first-order chi connectivity index (χ1) is 9.58. The Morgan fingerprint density at radius 1 is 1.50 bits per heavy atom. The lowest BCUT2D eigenvalue weighted by Gasteiger charge is -2.14. The van der Waals surface area contributed by atoms with E-state index < -0.39 is 5.97 Å². The lowest BCUT2D eigenvalue weighted by Crippen LogP contribution is -2.31. The molecule has 0 bridgehead atoms. The Hall–Kier alpha value is -1.62. The van der Waals surface area contributed by atoms with Crippen LogP contribution in [0.1, 0.15) is 36.6 Å². The zero-order valence-electron chi connectivity index (χ0n) is 11.5. The average Bonchev–Trinajstić information content (AvgIpc) is 3.02. The molecule has 2 unspecified atom stereocenters. The summed E-state index contributed by atoms with van der Waals surface area (Å²) in [6.45, 7) is 2.60. The van der Waals surface area contributed by atoms with E-state index in [2.05, 4.69) is 12.2 Å². The minimum atomic E-state index is -0.967. The molecule has 1 fully saturated rings. The standard InChI is InChI=1S/C15H19NO3S/c1-10-3-2-4-12(10)15(19)16-9-13-11(7-8-20-13)5-6-14(17)18/h5-8,10,12H,2-4,9H2,1H3,(H,16,19)(H,17,18)/b6-5+. The highest BCUT2D eigenvalue weighted by Gasteiger charge is 2.29. The van der Waals surface area contributed by atoms with Gasteiger partial charge in [-0.05, 0) is 41.8 Å². The molecule has 1 amide bonds. The van der Waals surface area contributed by atoms with Crippen LogP contribution < -0.4 is 5.32 Å². The lowest BCUT2D eigenvalue weighted by atomic mass is 9.97. The zero-order chi connectivity index (χ0) is 14.5. The molecule has 2 rings (SSSR count). The topological polar surface area (TPSA) is 66.4 Å². The molecule has 2 N–H and O–H groups in total. The highest BCUT2D eigenvalue weighted by molar-refractivity contribution is 7.10. The van der Waals surface area contributed by atoms with Gasteiger partial charge < -0.3 is 10.4 Å². The first-order valence-electron chi connectivity index (χ1n) is 6.83. The minimum Gasteiger partial charge on any atom is -0.478 e. The molecule has 1 saturated carbocycles. The van der Waals surface area contributed by atoms with Crippen molar-refractivity contribution in [2.24, 2.45) is 11.8 Å². The number of thiophene rings is 1. The molecule has 1 aliphatic rings. The first-order valence-corrected chi connectivity index (χ1v) is 7.71. The van der Waals surface area contributed by atoms with E-state index in [4.69, 9.17) is 5.11 Å². The molecule has 1 aromatic rings. The van der Waals surface area contributed by atoms with E-state index in [0.29, 0.717) is 12.5 Å². The number of amides is 1. The smallest absolute Gasteiger partial charge is 0.328 e. The number of carbonyl (C=O) groups excluding carboxylic acids is 1. The number of carboxylic acids is 1. The van der Waals surface area contributed by atoms with Gasteiger partial charge >= 0.3 is 5.97 Å². The summed E-state index contributed by atoms with van der Waals surface area (Å²) in [6, 6.07) is 1.86. The number of rotatable bonds is 5. The van der Waals surface area contributed by atoms with Crippen molar-refractivity contribution >= 4 is 29.3 Å². The molecule has 1 aliphatic carbocycles. The molecule has 20 heavy (non-hydrogen) atoms. The summed E-state index contributed by atoms with van der Waals surface area (Å²) in [6.07, 6.45) is 5.92. The number of aliphatic carboxylic acids is 1. The van der Waals surface area contributed by atoms with Crippen molar-refractivity contribution in [1.82, 2.24) is 5.32 Å². The maximum Gasteiger partial charge on any atom is 0.328 e. The Labute approximate surface area is 122 Å². The van der Waals surface area contributed by atoms with Crippen LogP contribution in [0.4, 0.5) is 0 Å². The van der Waals surface area contributed by atoms with Gasteiger partial charge in [-0.3, -0.25) is 4.79 Å². The molecule has 0 radical (unpaired) electrons. The average molecular weight is 293 g/mol. The third kappa shape index (κ3) is 3.70. The fourth-order valence-electron chi connectivity index (χ4n) is 2.64. The normalized spacial score (nSPS) is 22.2. The van der Waals surface area contributed by atoms with Crippen molar-refractivity contribution in [3.05, 3.63) is 28.0 Å². The van der Waals surface area contributed by atoms with Gasteiger partial charge in [0.25, 0.3) is 0 Å². The van der Waals surface area contributed by atoms with Crippen LogP contribution in [0, 0.1) is 11.8 Å². The van der Waals surface area contributed by atoms with Gasteiger partial charge in [-0.25, -0.2) is 4.79 Å². The molecule has 108 valence electrons. The summed E-state index contributed by atoms with van der Waals surface area (Å²) in [4.78, 5) is 23.6. The summed E-state index contributed by atoms with van der Waals surface area (Å²) < 4.78 is 0. The third-order valence-electron chi connectivity index (χ3n) is 3.81. The van der Waals surface area contributed by atoms with Crippen LogP contribution in [0.2, 0.25) is 0 Å². The van der Waals surface area contributed by atoms with Crippen LogP contribution in [0.5, 0.6) is 0 Å². The van der Waals surface area contributed by atoms with E-state index in [1.54, 1.807) is 6.08 Å². The number of carboxylic acid groups (broad SMARTS) is 1. The summed E-state index contributed by atoms with van der Waals surface area (Å²) >= 11 is 1.53. The van der Waals surface area contributed by atoms with Gasteiger partial charge in [0.1, 0.15) is 0 Å². The second-order valence-corrected chi connectivity index (χ2v) is 6.20. The molecular weight excluding hydrogens is 274 g/mol. The van der Waals surface area contributed by atoms with E-state index in [-0.39, 0.29) is 11.8 Å². The van der Waals surface area contributed by atoms with Gasteiger partial charge in [0, 0.05) is 16.9 Å². The van der Waals surface area contributed by atoms with Crippen molar-refractivity contribution in [2.75, 3.05) is 0 Å². The highest BCUT2D eigenvalue weighted by atomic mass is 32.1. The Morgan fingerprint density at radius 3 is 2.95 bits per heavy atom. The Bertz CT molecular complexity index is 521. The van der Waals surface area contributed by atoms with E-state index >= 15 is 0 Å². The zero-order valence-corrected chi connectivity index (χ0v) is 12.3. The number of hydrogen-bond donors (Lipinski definition) is 2. The molecule has 1 aromatic heterocycles. The van der Waals surface area contributed by atoms with Crippen LogP contribution in [-0.2, 0) is 16.1 Å². The van der Waals surface area contributed by atoms with Crippen LogP contribution in [0.15, 0.2) is 17.5 Å². The van der Waals surface area contributed by atoms with Crippen LogP contribution in [0.3, 0.4) is 0 Å². The Kier molecular flexibility index (Phi) is 4.95. The van der Waals surface area contributed by atoms with E-state index in [1.807, 2.05) is 11.4 Å². The number of nitrogens with one attached hydrogen (secondary N) is 1. The lowest BCUT2D eigenvalue weighted by molar-refractivity contribution is -0.131. The molecular formula is C15H19NO3S. The number of hydrogen-bond acceptors (Lipinski definition) is 3. The molecule has 0 aliphatic heterocycles. The Morgan fingerprint density at radius 2 is 2.30 bits per heavy atom.